The highest BCUT2D eigenvalue weighted by Gasteiger charge is 2.38. The van der Waals surface area contributed by atoms with Crippen LogP contribution in [0, 0.1) is 5.82 Å². The van der Waals surface area contributed by atoms with Crippen molar-refractivity contribution in [2.75, 3.05) is 6.61 Å². The number of amides is 1. The Morgan fingerprint density at radius 2 is 2.19 bits per heavy atom. The highest BCUT2D eigenvalue weighted by atomic mass is 35.7. The van der Waals surface area contributed by atoms with Gasteiger partial charge in [-0.25, -0.2) is 12.8 Å². The largest absolute Gasteiger partial charge is 0.376 e. The van der Waals surface area contributed by atoms with Gasteiger partial charge < -0.3 is 10.1 Å². The molecule has 1 aromatic carbocycles. The van der Waals surface area contributed by atoms with E-state index in [1.54, 1.807) is 6.92 Å². The maximum atomic E-state index is 13.8. The molecule has 21 heavy (non-hydrogen) atoms. The molecule has 2 unspecified atom stereocenters. The molecule has 1 heterocycles. The lowest BCUT2D eigenvalue weighted by atomic mass is 9.94. The van der Waals surface area contributed by atoms with Crippen LogP contribution in [-0.2, 0) is 13.8 Å². The number of carbonyl (C=O) groups is 1. The average Bonchev–Trinajstić information content (AvgIpc) is 2.68. The van der Waals surface area contributed by atoms with E-state index in [1.807, 2.05) is 6.92 Å². The summed E-state index contributed by atoms with van der Waals surface area (Å²) in [4.78, 5) is 11.9. The summed E-state index contributed by atoms with van der Waals surface area (Å²) < 4.78 is 41.7. The van der Waals surface area contributed by atoms with Gasteiger partial charge in [-0.15, -0.1) is 0 Å². The SMILES string of the molecule is CC1OCCC1(C)NC(=O)c1cc(S(=O)(=O)Cl)ccc1F. The minimum absolute atomic E-state index is 0.218. The van der Waals surface area contributed by atoms with Gasteiger partial charge in [-0.05, 0) is 38.5 Å². The van der Waals surface area contributed by atoms with Crippen molar-refractivity contribution in [1.82, 2.24) is 5.32 Å². The molecule has 0 spiro atoms. The summed E-state index contributed by atoms with van der Waals surface area (Å²) in [5.41, 5.74) is -0.989. The van der Waals surface area contributed by atoms with Crippen molar-refractivity contribution in [3.05, 3.63) is 29.6 Å². The number of ether oxygens (including phenoxy) is 1. The molecular formula is C13H15ClFNO4S. The molecule has 2 atom stereocenters. The Kier molecular flexibility index (Phi) is 4.28. The third-order valence-electron chi connectivity index (χ3n) is 3.75. The number of hydrogen-bond donors (Lipinski definition) is 1. The predicted octanol–water partition coefficient (Wildman–Crippen LogP) is 2.05. The van der Waals surface area contributed by atoms with Gasteiger partial charge in [-0.2, -0.15) is 0 Å². The van der Waals surface area contributed by atoms with Crippen molar-refractivity contribution in [2.24, 2.45) is 0 Å². The molecule has 8 heteroatoms. The van der Waals surface area contributed by atoms with Crippen molar-refractivity contribution >= 4 is 25.6 Å². The molecule has 1 fully saturated rings. The molecule has 1 aromatic rings. The van der Waals surface area contributed by atoms with Crippen LogP contribution >= 0.6 is 10.7 Å². The van der Waals surface area contributed by atoms with Gasteiger partial charge in [-0.1, -0.05) is 0 Å². The third kappa shape index (κ3) is 3.36. The van der Waals surface area contributed by atoms with Crippen molar-refractivity contribution in [3.8, 4) is 0 Å². The molecule has 1 saturated heterocycles. The summed E-state index contributed by atoms with van der Waals surface area (Å²) in [6.45, 7) is 4.10. The average molecular weight is 336 g/mol. The van der Waals surface area contributed by atoms with Crippen LogP contribution in [0.25, 0.3) is 0 Å². The van der Waals surface area contributed by atoms with E-state index in [1.165, 1.54) is 0 Å². The normalized spacial score (nSPS) is 25.8. The molecule has 0 radical (unpaired) electrons. The molecule has 0 bridgehead atoms. The van der Waals surface area contributed by atoms with Crippen LogP contribution in [0.3, 0.4) is 0 Å². The van der Waals surface area contributed by atoms with Crippen LogP contribution < -0.4 is 5.32 Å². The zero-order valence-corrected chi connectivity index (χ0v) is 13.1. The molecule has 1 amide bonds. The molecule has 1 aliphatic rings. The second-order valence-corrected chi connectivity index (χ2v) is 7.78. The van der Waals surface area contributed by atoms with Gasteiger partial charge in [0.25, 0.3) is 15.0 Å². The standard InChI is InChI=1S/C13H15ClFNO4S/c1-8-13(2,5-6-20-8)16-12(17)10-7-9(21(14,18)19)3-4-11(10)15/h3-4,7-8H,5-6H2,1-2H3,(H,16,17). The fourth-order valence-electron chi connectivity index (χ4n) is 2.16. The fraction of sp³-hybridized carbons (Fsp3) is 0.462. The van der Waals surface area contributed by atoms with Gasteiger partial charge in [0.2, 0.25) is 0 Å². The molecule has 116 valence electrons. The molecule has 1 aliphatic heterocycles. The van der Waals surface area contributed by atoms with Crippen LogP contribution in [0.2, 0.25) is 0 Å². The summed E-state index contributed by atoms with van der Waals surface area (Å²) in [6.07, 6.45) is 0.374. The first-order valence-electron chi connectivity index (χ1n) is 6.32. The zero-order valence-electron chi connectivity index (χ0n) is 11.5. The summed E-state index contributed by atoms with van der Waals surface area (Å²) in [6, 6.07) is 2.84. The maximum Gasteiger partial charge on any atom is 0.261 e. The summed E-state index contributed by atoms with van der Waals surface area (Å²) in [5.74, 6) is -1.51. The number of benzene rings is 1. The van der Waals surface area contributed by atoms with Crippen LogP contribution in [0.4, 0.5) is 4.39 Å². The maximum absolute atomic E-state index is 13.8. The number of carbonyl (C=O) groups excluding carboxylic acids is 1. The van der Waals surface area contributed by atoms with Crippen molar-refractivity contribution in [1.29, 1.82) is 0 Å². The Morgan fingerprint density at radius 1 is 1.52 bits per heavy atom. The highest BCUT2D eigenvalue weighted by Crippen LogP contribution is 2.26. The van der Waals surface area contributed by atoms with E-state index in [-0.39, 0.29) is 16.6 Å². The van der Waals surface area contributed by atoms with E-state index in [9.17, 15) is 17.6 Å². The molecule has 0 aliphatic carbocycles. The molecular weight excluding hydrogens is 321 g/mol. The van der Waals surface area contributed by atoms with E-state index >= 15 is 0 Å². The Morgan fingerprint density at radius 3 is 2.71 bits per heavy atom. The lowest BCUT2D eigenvalue weighted by Gasteiger charge is -2.29. The van der Waals surface area contributed by atoms with Gasteiger partial charge in [0.1, 0.15) is 5.82 Å². The van der Waals surface area contributed by atoms with Gasteiger partial charge >= 0.3 is 0 Å². The first-order chi connectivity index (χ1) is 9.63. The zero-order chi connectivity index (χ0) is 15.8. The number of halogens is 2. The fourth-order valence-corrected chi connectivity index (χ4v) is 2.93. The van der Waals surface area contributed by atoms with E-state index in [2.05, 4.69) is 5.32 Å². The predicted molar refractivity (Wildman–Crippen MR) is 75.3 cm³/mol. The van der Waals surface area contributed by atoms with Gasteiger partial charge in [0, 0.05) is 17.3 Å². The highest BCUT2D eigenvalue weighted by molar-refractivity contribution is 8.13. The van der Waals surface area contributed by atoms with Gasteiger partial charge in [0.05, 0.1) is 22.1 Å². The van der Waals surface area contributed by atoms with Crippen molar-refractivity contribution in [2.45, 2.75) is 36.8 Å². The Balaban J connectivity index is 2.31. The summed E-state index contributed by atoms with van der Waals surface area (Å²) in [7, 11) is 1.18. The number of rotatable bonds is 3. The van der Waals surface area contributed by atoms with Gasteiger partial charge in [0.15, 0.2) is 0 Å². The summed E-state index contributed by atoms with van der Waals surface area (Å²) in [5, 5.41) is 2.70. The van der Waals surface area contributed by atoms with E-state index in [4.69, 9.17) is 15.4 Å². The Hall–Kier alpha value is -1.18. The van der Waals surface area contributed by atoms with Crippen LogP contribution in [0.5, 0.6) is 0 Å². The molecule has 0 saturated carbocycles. The Labute approximate surface area is 126 Å². The third-order valence-corrected chi connectivity index (χ3v) is 5.10. The monoisotopic (exact) mass is 335 g/mol. The number of nitrogens with one attached hydrogen (secondary N) is 1. The van der Waals surface area contributed by atoms with E-state index in [0.717, 1.165) is 18.2 Å². The van der Waals surface area contributed by atoms with Crippen molar-refractivity contribution < 1.29 is 22.3 Å². The summed E-state index contributed by atoms with van der Waals surface area (Å²) >= 11 is 0. The minimum Gasteiger partial charge on any atom is -0.376 e. The van der Waals surface area contributed by atoms with Gasteiger partial charge in [-0.3, -0.25) is 4.79 Å². The quantitative estimate of drug-likeness (QED) is 0.858. The lowest BCUT2D eigenvalue weighted by Crippen LogP contribution is -2.50. The molecule has 0 aromatic heterocycles. The first kappa shape index (κ1) is 16.2. The molecule has 5 nitrogen and oxygen atoms in total. The van der Waals surface area contributed by atoms with Crippen molar-refractivity contribution in [3.63, 3.8) is 0 Å². The smallest absolute Gasteiger partial charge is 0.261 e. The van der Waals surface area contributed by atoms with Crippen LogP contribution in [0.1, 0.15) is 30.6 Å². The number of hydrogen-bond acceptors (Lipinski definition) is 4. The van der Waals surface area contributed by atoms with Crippen LogP contribution in [0.15, 0.2) is 23.1 Å². The minimum atomic E-state index is -4.03. The topological polar surface area (TPSA) is 72.5 Å². The Bertz CT molecular complexity index is 679. The lowest BCUT2D eigenvalue weighted by molar-refractivity contribution is 0.0724. The second kappa shape index (κ2) is 5.55. The molecule has 1 N–H and O–H groups in total. The first-order valence-corrected chi connectivity index (χ1v) is 8.63. The van der Waals surface area contributed by atoms with E-state index < -0.39 is 26.3 Å². The second-order valence-electron chi connectivity index (χ2n) is 5.21. The molecule has 2 rings (SSSR count). The van der Waals surface area contributed by atoms with Crippen LogP contribution in [-0.4, -0.2) is 32.6 Å². The van der Waals surface area contributed by atoms with E-state index in [0.29, 0.717) is 13.0 Å².